The van der Waals surface area contributed by atoms with E-state index in [9.17, 15) is 14.7 Å². The van der Waals surface area contributed by atoms with E-state index in [1.165, 1.54) is 44.2 Å². The molecule has 1 aromatic carbocycles. The molecule has 0 amide bonds. The highest BCUT2D eigenvalue weighted by Crippen LogP contribution is 2.38. The van der Waals surface area contributed by atoms with Crippen LogP contribution in [0.4, 0.5) is 0 Å². The number of aryl methyl sites for hydroxylation is 1. The number of rotatable bonds is 16. The Morgan fingerprint density at radius 3 is 2.47 bits per heavy atom. The Kier molecular flexibility index (Phi) is 14.8. The molecule has 1 aromatic rings. The molecule has 9 heteroatoms. The molecule has 242 valence electrons. The maximum atomic E-state index is 11.7. The molecule has 5 unspecified atom stereocenters. The van der Waals surface area contributed by atoms with E-state index in [2.05, 4.69) is 12.1 Å². The van der Waals surface area contributed by atoms with Crippen molar-refractivity contribution in [1.82, 2.24) is 0 Å². The standard InChI is InChI=1S/C32H46O9.C2H6/c1-3-32(40-26-14-16-31(35)36-21-26)20-28(39-23(2)33)19-27(41-32)18-25(34)12-10-8-6-4-5-7-9-11-24-13-15-29-30(17-24)38-22-37-29;1-2/h13-17,25-28,34H,3-12,18-22H2,1-2H3;1-2H3. The van der Waals surface area contributed by atoms with Crippen LogP contribution in [0.25, 0.3) is 0 Å². The number of ether oxygens (including phenoxy) is 6. The van der Waals surface area contributed by atoms with Crippen LogP contribution < -0.4 is 9.47 Å². The highest BCUT2D eigenvalue weighted by Gasteiger charge is 2.44. The van der Waals surface area contributed by atoms with Crippen LogP contribution in [0, 0.1) is 0 Å². The fraction of sp³-hybridized carbons (Fsp3) is 0.706. The lowest BCUT2D eigenvalue weighted by atomic mass is 9.92. The summed E-state index contributed by atoms with van der Waals surface area (Å²) in [7, 11) is 0. The maximum absolute atomic E-state index is 11.7. The van der Waals surface area contributed by atoms with Gasteiger partial charge in [0.1, 0.15) is 18.8 Å². The van der Waals surface area contributed by atoms with Crippen LogP contribution in [0.15, 0.2) is 30.4 Å². The average molecular weight is 605 g/mol. The molecule has 0 bridgehead atoms. The first-order valence-electron chi connectivity index (χ1n) is 16.3. The number of unbranched alkanes of at least 4 members (excludes halogenated alkanes) is 6. The van der Waals surface area contributed by atoms with Crippen molar-refractivity contribution in [2.75, 3.05) is 13.4 Å². The third-order valence-electron chi connectivity index (χ3n) is 7.99. The summed E-state index contributed by atoms with van der Waals surface area (Å²) in [5.74, 6) is -0.0313. The van der Waals surface area contributed by atoms with Gasteiger partial charge >= 0.3 is 11.9 Å². The van der Waals surface area contributed by atoms with Gasteiger partial charge in [0.05, 0.1) is 12.2 Å². The normalized spacial score (nSPS) is 25.0. The molecule has 1 saturated heterocycles. The van der Waals surface area contributed by atoms with E-state index in [4.69, 9.17) is 28.4 Å². The Balaban J connectivity index is 0.00000248. The number of carbonyl (C=O) groups is 2. The van der Waals surface area contributed by atoms with Crippen LogP contribution in [0.3, 0.4) is 0 Å². The van der Waals surface area contributed by atoms with Crippen LogP contribution in [0.5, 0.6) is 11.5 Å². The van der Waals surface area contributed by atoms with E-state index in [1.807, 2.05) is 26.8 Å². The first-order chi connectivity index (χ1) is 20.8. The maximum Gasteiger partial charge on any atom is 0.330 e. The lowest BCUT2D eigenvalue weighted by Crippen LogP contribution is -2.51. The predicted octanol–water partition coefficient (Wildman–Crippen LogP) is 6.57. The zero-order chi connectivity index (χ0) is 31.1. The number of carbonyl (C=O) groups excluding carboxylic acids is 2. The van der Waals surface area contributed by atoms with E-state index in [1.54, 1.807) is 6.08 Å². The highest BCUT2D eigenvalue weighted by atomic mass is 16.7. The van der Waals surface area contributed by atoms with Crippen molar-refractivity contribution in [3.8, 4) is 11.5 Å². The fourth-order valence-corrected chi connectivity index (χ4v) is 5.89. The van der Waals surface area contributed by atoms with Gasteiger partial charge in [0.25, 0.3) is 0 Å². The van der Waals surface area contributed by atoms with E-state index in [-0.39, 0.29) is 24.8 Å². The van der Waals surface area contributed by atoms with Gasteiger partial charge in [-0.25, -0.2) is 4.79 Å². The van der Waals surface area contributed by atoms with Gasteiger partial charge in [-0.05, 0) is 55.9 Å². The topological polar surface area (TPSA) is 110 Å². The number of cyclic esters (lactones) is 1. The summed E-state index contributed by atoms with van der Waals surface area (Å²) in [4.78, 5) is 23.1. The van der Waals surface area contributed by atoms with Gasteiger partial charge in [-0.2, -0.15) is 0 Å². The Labute approximate surface area is 257 Å². The zero-order valence-electron chi connectivity index (χ0n) is 26.5. The molecule has 5 atom stereocenters. The van der Waals surface area contributed by atoms with Crippen LogP contribution in [-0.4, -0.2) is 60.6 Å². The number of hydrogen-bond acceptors (Lipinski definition) is 9. The van der Waals surface area contributed by atoms with Crippen molar-refractivity contribution in [2.45, 2.75) is 141 Å². The molecule has 43 heavy (non-hydrogen) atoms. The molecule has 3 aliphatic heterocycles. The summed E-state index contributed by atoms with van der Waals surface area (Å²) in [5, 5.41) is 10.8. The molecule has 0 aromatic heterocycles. The number of fused-ring (bicyclic) bond motifs is 1. The summed E-state index contributed by atoms with van der Waals surface area (Å²) in [5.41, 5.74) is 1.29. The van der Waals surface area contributed by atoms with Crippen molar-refractivity contribution < 1.29 is 43.1 Å². The van der Waals surface area contributed by atoms with Crippen LogP contribution in [0.2, 0.25) is 0 Å². The van der Waals surface area contributed by atoms with E-state index >= 15 is 0 Å². The molecule has 0 saturated carbocycles. The molecule has 9 nitrogen and oxygen atoms in total. The molecular formula is C34H52O9. The lowest BCUT2D eigenvalue weighted by Gasteiger charge is -2.45. The Morgan fingerprint density at radius 2 is 1.77 bits per heavy atom. The molecular weight excluding hydrogens is 552 g/mol. The second-order valence-corrected chi connectivity index (χ2v) is 11.4. The Hall–Kier alpha value is -2.62. The van der Waals surface area contributed by atoms with E-state index < -0.39 is 24.0 Å². The van der Waals surface area contributed by atoms with Crippen LogP contribution >= 0.6 is 0 Å². The molecule has 3 heterocycles. The number of hydrogen-bond donors (Lipinski definition) is 1. The van der Waals surface area contributed by atoms with Gasteiger partial charge in [-0.3, -0.25) is 4.79 Å². The first kappa shape index (κ1) is 34.9. The molecule has 3 aliphatic rings. The lowest BCUT2D eigenvalue weighted by molar-refractivity contribution is -0.313. The number of benzene rings is 1. The van der Waals surface area contributed by atoms with Crippen molar-refractivity contribution in [3.05, 3.63) is 35.9 Å². The van der Waals surface area contributed by atoms with Crippen molar-refractivity contribution in [2.24, 2.45) is 0 Å². The molecule has 0 aliphatic carbocycles. The molecule has 1 fully saturated rings. The van der Waals surface area contributed by atoms with Gasteiger partial charge in [-0.15, -0.1) is 0 Å². The molecule has 0 radical (unpaired) electrons. The van der Waals surface area contributed by atoms with Crippen molar-refractivity contribution >= 4 is 11.9 Å². The SMILES string of the molecule is CC.CCC1(OC2C=CC(=O)OC2)CC(OC(C)=O)CC(CC(O)CCCCCCCCCc2ccc3c(c2)OCO3)O1. The largest absolute Gasteiger partial charge is 0.462 e. The highest BCUT2D eigenvalue weighted by molar-refractivity contribution is 5.82. The third-order valence-corrected chi connectivity index (χ3v) is 7.99. The molecule has 1 N–H and O–H groups in total. The molecule has 0 spiro atoms. The molecule has 4 rings (SSSR count). The fourth-order valence-electron chi connectivity index (χ4n) is 5.89. The second-order valence-electron chi connectivity index (χ2n) is 11.4. The van der Waals surface area contributed by atoms with Crippen LogP contribution in [0.1, 0.15) is 110 Å². The first-order valence-corrected chi connectivity index (χ1v) is 16.3. The number of aliphatic hydroxyl groups excluding tert-OH is 1. The number of esters is 2. The van der Waals surface area contributed by atoms with Crippen molar-refractivity contribution in [3.63, 3.8) is 0 Å². The van der Waals surface area contributed by atoms with Gasteiger partial charge in [-0.1, -0.05) is 65.4 Å². The number of aliphatic hydroxyl groups is 1. The minimum absolute atomic E-state index is 0.117. The summed E-state index contributed by atoms with van der Waals surface area (Å²) in [6.45, 7) is 7.79. The average Bonchev–Trinajstić information content (AvgIpc) is 3.46. The summed E-state index contributed by atoms with van der Waals surface area (Å²) < 4.78 is 34.2. The van der Waals surface area contributed by atoms with Crippen molar-refractivity contribution in [1.29, 1.82) is 0 Å². The minimum atomic E-state index is -0.982. The van der Waals surface area contributed by atoms with E-state index in [0.717, 1.165) is 37.2 Å². The Morgan fingerprint density at radius 1 is 1.05 bits per heavy atom. The quantitative estimate of drug-likeness (QED) is 0.165. The predicted molar refractivity (Wildman–Crippen MR) is 163 cm³/mol. The van der Waals surface area contributed by atoms with Crippen LogP contribution in [-0.2, 0) is 35.0 Å². The summed E-state index contributed by atoms with van der Waals surface area (Å²) >= 11 is 0. The second kappa shape index (κ2) is 18.2. The smallest absolute Gasteiger partial charge is 0.330 e. The Bertz CT molecular complexity index is 1030. The van der Waals surface area contributed by atoms with Gasteiger partial charge < -0.3 is 33.5 Å². The zero-order valence-corrected chi connectivity index (χ0v) is 26.5. The van der Waals surface area contributed by atoms with E-state index in [0.29, 0.717) is 38.9 Å². The summed E-state index contributed by atoms with van der Waals surface area (Å²) in [6.07, 6.45) is 13.1. The monoisotopic (exact) mass is 604 g/mol. The van der Waals surface area contributed by atoms with Gasteiger partial charge in [0.2, 0.25) is 6.79 Å². The summed E-state index contributed by atoms with van der Waals surface area (Å²) in [6, 6.07) is 6.20. The third kappa shape index (κ3) is 11.8. The van der Waals surface area contributed by atoms with Gasteiger partial charge in [0, 0.05) is 25.8 Å². The minimum Gasteiger partial charge on any atom is -0.462 e. The van der Waals surface area contributed by atoms with Gasteiger partial charge in [0.15, 0.2) is 17.3 Å².